The molecule has 3 amide bonds. The highest BCUT2D eigenvalue weighted by Gasteiger charge is 2.44. The Labute approximate surface area is 213 Å². The summed E-state index contributed by atoms with van der Waals surface area (Å²) in [7, 11) is 0. The van der Waals surface area contributed by atoms with E-state index in [0.717, 1.165) is 26.4 Å². The van der Waals surface area contributed by atoms with Crippen molar-refractivity contribution in [3.8, 4) is 10.6 Å². The van der Waals surface area contributed by atoms with Crippen LogP contribution in [0.15, 0.2) is 79.4 Å². The molecule has 1 atom stereocenters. The second-order valence-electron chi connectivity index (χ2n) is 8.89. The first-order valence-electron chi connectivity index (χ1n) is 11.7. The van der Waals surface area contributed by atoms with Crippen molar-refractivity contribution in [2.24, 2.45) is 0 Å². The Balaban J connectivity index is 1.40. The fourth-order valence-electron chi connectivity index (χ4n) is 4.50. The molecule has 7 heteroatoms. The number of aromatic nitrogens is 1. The minimum absolute atomic E-state index is 0.0662. The van der Waals surface area contributed by atoms with E-state index in [1.165, 1.54) is 15.4 Å². The Morgan fingerprint density at radius 2 is 1.86 bits per heavy atom. The van der Waals surface area contributed by atoms with E-state index in [-0.39, 0.29) is 24.8 Å². The van der Waals surface area contributed by atoms with Crippen molar-refractivity contribution < 1.29 is 14.4 Å². The average molecular weight is 496 g/mol. The van der Waals surface area contributed by atoms with E-state index in [1.54, 1.807) is 41.7 Å². The number of rotatable bonds is 6. The largest absolute Gasteiger partial charge is 0.322 e. The minimum Gasteiger partial charge on any atom is -0.322 e. The number of amides is 3. The van der Waals surface area contributed by atoms with Crippen LogP contribution in [0, 0.1) is 13.8 Å². The molecule has 2 heterocycles. The summed E-state index contributed by atoms with van der Waals surface area (Å²) >= 11 is 1.60. The summed E-state index contributed by atoms with van der Waals surface area (Å²) in [5.41, 5.74) is 4.84. The lowest BCUT2D eigenvalue weighted by atomic mass is 10.1. The molecule has 1 aromatic heterocycles. The van der Waals surface area contributed by atoms with Crippen LogP contribution in [0.25, 0.3) is 20.8 Å². The molecule has 0 radical (unpaired) electrons. The van der Waals surface area contributed by atoms with Gasteiger partial charge in [0.15, 0.2) is 0 Å². The molecule has 0 saturated carbocycles. The number of anilines is 1. The first kappa shape index (κ1) is 23.6. The Bertz CT molecular complexity index is 1510. The van der Waals surface area contributed by atoms with Crippen LogP contribution >= 0.6 is 11.3 Å². The topological polar surface area (TPSA) is 70.6 Å². The Morgan fingerprint density at radius 3 is 2.58 bits per heavy atom. The van der Waals surface area contributed by atoms with Crippen LogP contribution in [0.1, 0.15) is 27.9 Å². The van der Waals surface area contributed by atoms with Gasteiger partial charge in [-0.1, -0.05) is 30.3 Å². The van der Waals surface area contributed by atoms with E-state index < -0.39 is 11.9 Å². The van der Waals surface area contributed by atoms with Gasteiger partial charge < -0.3 is 4.90 Å². The molecule has 3 aromatic carbocycles. The summed E-state index contributed by atoms with van der Waals surface area (Å²) in [6.45, 7) is 7.81. The van der Waals surface area contributed by atoms with E-state index in [0.29, 0.717) is 11.3 Å². The summed E-state index contributed by atoms with van der Waals surface area (Å²) in [4.78, 5) is 47.0. The van der Waals surface area contributed by atoms with Gasteiger partial charge >= 0.3 is 0 Å². The van der Waals surface area contributed by atoms with E-state index >= 15 is 0 Å². The number of hydrogen-bond donors (Lipinski definition) is 0. The van der Waals surface area contributed by atoms with Gasteiger partial charge in [-0.05, 0) is 67.4 Å². The van der Waals surface area contributed by atoms with Crippen LogP contribution in [0.5, 0.6) is 0 Å². The molecule has 36 heavy (non-hydrogen) atoms. The molecule has 1 aliphatic rings. The fourth-order valence-corrected chi connectivity index (χ4v) is 5.57. The highest BCUT2D eigenvalue weighted by molar-refractivity contribution is 7.21. The van der Waals surface area contributed by atoms with Gasteiger partial charge in [-0.25, -0.2) is 9.88 Å². The van der Waals surface area contributed by atoms with Gasteiger partial charge in [-0.3, -0.25) is 14.4 Å². The van der Waals surface area contributed by atoms with Gasteiger partial charge in [-0.15, -0.1) is 17.9 Å². The third-order valence-electron chi connectivity index (χ3n) is 6.38. The number of carbonyl (C=O) groups is 3. The van der Waals surface area contributed by atoms with Crippen LogP contribution in [-0.2, 0) is 9.59 Å². The molecule has 1 aliphatic heterocycles. The van der Waals surface area contributed by atoms with Crippen molar-refractivity contribution in [2.75, 3.05) is 11.4 Å². The summed E-state index contributed by atoms with van der Waals surface area (Å²) in [6, 6.07) is 19.7. The van der Waals surface area contributed by atoms with E-state index in [4.69, 9.17) is 4.98 Å². The molecule has 180 valence electrons. The first-order chi connectivity index (χ1) is 17.4. The van der Waals surface area contributed by atoms with Crippen molar-refractivity contribution >= 4 is 45.0 Å². The SMILES string of the molecule is C=CCN(C(=O)c1ccccc1C)C1CC(=O)N(c2ccc(-c3nc4ccc(C)cc4s3)cc2)C1=O. The second-order valence-corrected chi connectivity index (χ2v) is 9.92. The zero-order valence-corrected chi connectivity index (χ0v) is 20.9. The summed E-state index contributed by atoms with van der Waals surface area (Å²) in [5, 5.41) is 0.875. The zero-order valence-electron chi connectivity index (χ0n) is 20.1. The van der Waals surface area contributed by atoms with Crippen LogP contribution in [0.3, 0.4) is 0 Å². The van der Waals surface area contributed by atoms with Crippen molar-refractivity contribution in [1.29, 1.82) is 0 Å². The highest BCUT2D eigenvalue weighted by Crippen LogP contribution is 2.33. The second kappa shape index (κ2) is 9.51. The summed E-state index contributed by atoms with van der Waals surface area (Å²) in [6.07, 6.45) is 1.51. The Hall–Kier alpha value is -4.10. The average Bonchev–Trinajstić information content (AvgIpc) is 3.42. The molecular weight excluding hydrogens is 470 g/mol. The molecule has 0 N–H and O–H groups in total. The summed E-state index contributed by atoms with van der Waals surface area (Å²) < 4.78 is 1.11. The standard InChI is InChI=1S/C29H25N3O3S/c1-4-15-31(28(34)22-8-6-5-7-19(22)3)24-17-26(33)32(29(24)35)21-12-10-20(11-13-21)27-30-23-14-9-18(2)16-25(23)36-27/h4-14,16,24H,1,15,17H2,2-3H3. The maximum atomic E-state index is 13.4. The van der Waals surface area contributed by atoms with Crippen molar-refractivity contribution in [3.05, 3.63) is 96.1 Å². The third kappa shape index (κ3) is 4.22. The molecule has 0 aliphatic carbocycles. The predicted molar refractivity (Wildman–Crippen MR) is 143 cm³/mol. The van der Waals surface area contributed by atoms with Gasteiger partial charge in [0, 0.05) is 17.7 Å². The van der Waals surface area contributed by atoms with Gasteiger partial charge in [0.05, 0.1) is 22.3 Å². The summed E-state index contributed by atoms with van der Waals surface area (Å²) in [5.74, 6) is -1.03. The number of nitrogens with zero attached hydrogens (tertiary/aromatic N) is 3. The van der Waals surface area contributed by atoms with Crippen LogP contribution in [0.2, 0.25) is 0 Å². The lowest BCUT2D eigenvalue weighted by Gasteiger charge is -2.27. The van der Waals surface area contributed by atoms with Gasteiger partial charge in [0.25, 0.3) is 11.8 Å². The van der Waals surface area contributed by atoms with Crippen molar-refractivity contribution in [3.63, 3.8) is 0 Å². The number of thiazole rings is 1. The van der Waals surface area contributed by atoms with Gasteiger partial charge in [0.1, 0.15) is 11.0 Å². The highest BCUT2D eigenvalue weighted by atomic mass is 32.1. The molecule has 5 rings (SSSR count). The normalized spacial score (nSPS) is 15.5. The third-order valence-corrected chi connectivity index (χ3v) is 7.44. The molecular formula is C29H25N3O3S. The number of fused-ring (bicyclic) bond motifs is 1. The number of carbonyl (C=O) groups excluding carboxylic acids is 3. The molecule has 1 saturated heterocycles. The number of aryl methyl sites for hydroxylation is 2. The Kier molecular flexibility index (Phi) is 6.24. The monoisotopic (exact) mass is 495 g/mol. The lowest BCUT2D eigenvalue weighted by Crippen LogP contribution is -2.45. The molecule has 1 fully saturated rings. The van der Waals surface area contributed by atoms with Crippen molar-refractivity contribution in [1.82, 2.24) is 9.88 Å². The number of benzene rings is 3. The number of hydrogen-bond acceptors (Lipinski definition) is 5. The zero-order chi connectivity index (χ0) is 25.4. The molecule has 6 nitrogen and oxygen atoms in total. The maximum Gasteiger partial charge on any atom is 0.257 e. The van der Waals surface area contributed by atoms with Gasteiger partial charge in [0.2, 0.25) is 5.91 Å². The minimum atomic E-state index is -0.880. The number of imide groups is 1. The van der Waals surface area contributed by atoms with Crippen LogP contribution < -0.4 is 4.90 Å². The molecule has 4 aromatic rings. The Morgan fingerprint density at radius 1 is 1.11 bits per heavy atom. The molecule has 0 bridgehead atoms. The quantitative estimate of drug-likeness (QED) is 0.260. The van der Waals surface area contributed by atoms with Crippen LogP contribution in [-0.4, -0.2) is 40.2 Å². The molecule has 1 unspecified atom stereocenters. The van der Waals surface area contributed by atoms with E-state index in [1.807, 2.05) is 43.3 Å². The predicted octanol–water partition coefficient (Wildman–Crippen LogP) is 5.54. The van der Waals surface area contributed by atoms with E-state index in [2.05, 4.69) is 19.6 Å². The van der Waals surface area contributed by atoms with Crippen molar-refractivity contribution in [2.45, 2.75) is 26.3 Å². The lowest BCUT2D eigenvalue weighted by molar-refractivity contribution is -0.122. The maximum absolute atomic E-state index is 13.4. The molecule has 0 spiro atoms. The van der Waals surface area contributed by atoms with Gasteiger partial charge in [-0.2, -0.15) is 0 Å². The fraction of sp³-hybridized carbons (Fsp3) is 0.172. The first-order valence-corrected chi connectivity index (χ1v) is 12.5. The smallest absolute Gasteiger partial charge is 0.257 e. The van der Waals surface area contributed by atoms with Crippen LogP contribution in [0.4, 0.5) is 5.69 Å². The van der Waals surface area contributed by atoms with E-state index in [9.17, 15) is 14.4 Å².